The molecule has 9 aliphatic heterocycles. The van der Waals surface area contributed by atoms with Crippen LogP contribution in [0.5, 0.6) is 0 Å². The molecule has 682 valence electrons. The molecule has 0 saturated carbocycles. The molecule has 9 unspecified atom stereocenters. The zero-order valence-corrected chi connectivity index (χ0v) is 62.1. The molecule has 53 nitrogen and oxygen atoms in total. The number of amides is 2. The molecule has 9 rings (SSSR count). The van der Waals surface area contributed by atoms with Crippen LogP contribution in [0.2, 0.25) is 0 Å². The molecule has 53 heteroatoms. The van der Waals surface area contributed by atoms with E-state index in [0.717, 1.165) is 13.8 Å². The topological polar surface area (TPSA) is 851 Å². The van der Waals surface area contributed by atoms with Crippen molar-refractivity contribution >= 4 is 11.8 Å². The van der Waals surface area contributed by atoms with Crippen molar-refractivity contribution in [3.8, 4) is 0 Å². The van der Waals surface area contributed by atoms with Gasteiger partial charge in [-0.05, 0) is 0 Å². The van der Waals surface area contributed by atoms with E-state index in [2.05, 4.69) is 10.6 Å². The molecule has 9 saturated heterocycles. The molecule has 49 atom stereocenters. The van der Waals surface area contributed by atoms with Gasteiger partial charge in [0.05, 0.1) is 78.7 Å². The van der Waals surface area contributed by atoms with Crippen molar-refractivity contribution in [3.05, 3.63) is 0 Å². The van der Waals surface area contributed by atoms with Crippen molar-refractivity contribution in [1.29, 1.82) is 0 Å². The van der Waals surface area contributed by atoms with Crippen LogP contribution in [0.25, 0.3) is 0 Å². The van der Waals surface area contributed by atoms with E-state index in [4.69, 9.17) is 85.3 Å². The minimum atomic E-state index is -2.66. The molecule has 0 bridgehead atoms. The fraction of sp³-hybridized carbons (Fsp3) is 0.969. The molecule has 2 amide bonds. The zero-order valence-electron chi connectivity index (χ0n) is 62.1. The summed E-state index contributed by atoms with van der Waals surface area (Å²) in [7, 11) is 0. The van der Waals surface area contributed by atoms with Crippen LogP contribution in [0.4, 0.5) is 0 Å². The molecule has 9 aliphatic rings. The Balaban J connectivity index is 1.09. The highest BCUT2D eigenvalue weighted by Gasteiger charge is 2.61. The van der Waals surface area contributed by atoms with Gasteiger partial charge in [0.25, 0.3) is 0 Å². The van der Waals surface area contributed by atoms with Crippen molar-refractivity contribution < 1.29 is 253 Å². The molecule has 9 heterocycles. The largest absolute Gasteiger partial charge is 0.394 e. The van der Waals surface area contributed by atoms with Crippen LogP contribution in [0.3, 0.4) is 0 Å². The van der Waals surface area contributed by atoms with E-state index in [9.17, 15) is 168 Å². The second-order valence-corrected chi connectivity index (χ2v) is 29.3. The van der Waals surface area contributed by atoms with Crippen molar-refractivity contribution in [2.45, 2.75) is 314 Å². The lowest BCUT2D eigenvalue weighted by molar-refractivity contribution is -0.408. The van der Waals surface area contributed by atoms with Gasteiger partial charge in [-0.1, -0.05) is 0 Å². The van der Waals surface area contributed by atoms with E-state index >= 15 is 0 Å². The minimum absolute atomic E-state index is 0.832. The molecular formula is C64H110N2O51. The van der Waals surface area contributed by atoms with Gasteiger partial charge in [-0.15, -0.1) is 0 Å². The van der Waals surface area contributed by atoms with Crippen LogP contribution in [0, 0.1) is 0 Å². The number of hydrogen-bond donors (Lipinski definition) is 33. The van der Waals surface area contributed by atoms with Gasteiger partial charge >= 0.3 is 0 Å². The summed E-state index contributed by atoms with van der Waals surface area (Å²) in [4.78, 5) is 25.1. The third-order valence-corrected chi connectivity index (χ3v) is 21.3. The van der Waals surface area contributed by atoms with Crippen LogP contribution in [-0.2, 0) is 94.9 Å². The Labute approximate surface area is 661 Å². The van der Waals surface area contributed by atoms with Gasteiger partial charge in [-0.3, -0.25) is 9.59 Å². The average molecular weight is 1720 g/mol. The predicted molar refractivity (Wildman–Crippen MR) is 355 cm³/mol. The van der Waals surface area contributed by atoms with Crippen LogP contribution in [0.1, 0.15) is 13.8 Å². The number of nitrogens with one attached hydrogen (secondary N) is 2. The summed E-state index contributed by atoms with van der Waals surface area (Å²) in [5.41, 5.74) is 0. The number of aliphatic hydroxyl groups is 31. The second kappa shape index (κ2) is 43.3. The summed E-state index contributed by atoms with van der Waals surface area (Å²) < 4.78 is 105. The summed E-state index contributed by atoms with van der Waals surface area (Å²) >= 11 is 0. The normalized spacial score (nSPS) is 48.6. The standard InChI is InChI=1S/C64H110N2O51/c1-14(76)65-16(3-67)28(79)49(17(78)4-68)111-56-27(66-15(2)77)37(88)50(24(11-75)108-56)112-61-48(99)52(114-63-55(43(94)34(85)22(9-73)106-63)117-64-54(42(93)33(84)23(10-74)107-64)116-60-46(97)40(91)31(82)20(7-71)104-60)36(87)26(110-61)13-101-58-47(98)51(35(86)25(109-58)12-100-57-44(95)38(89)29(80)18(5-69)102-57)113-62-53(41(92)32(83)21(8-72)105-62)115-59-45(96)39(90)30(81)19(6-70)103-59/h16-64,67-75,78-99H,3-13H2,1-2H3,(H,65,76)(H,66,77)/t16-,17+,18+,19+,20+,21+,22+,23+,24+,25+,26+,27+,28+,29+,30+,31+,32+,33+,34+,35+,36+,37+,38-,39-,40-,41-,42-,43-,44-,45-,46-,47-,48-,49+,50+,51-,52-,53-,54-,55-,56?,57?,58?,59?,60?,61?,62?,63?,64?/m0/s1. The Morgan fingerprint density at radius 2 is 0.581 bits per heavy atom. The summed E-state index contributed by atoms with van der Waals surface area (Å²) in [6.45, 7) is -10.7. The number of hydrogen-bond acceptors (Lipinski definition) is 51. The Kier molecular flexibility index (Phi) is 36.1. The highest BCUT2D eigenvalue weighted by Crippen LogP contribution is 2.40. The summed E-state index contributed by atoms with van der Waals surface area (Å²) in [6.07, 6.45) is -104. The van der Waals surface area contributed by atoms with Gasteiger partial charge in [-0.25, -0.2) is 0 Å². The number of carbonyl (C=O) groups excluding carboxylic acids is 2. The molecular weight excluding hydrogens is 1610 g/mol. The van der Waals surface area contributed by atoms with Crippen LogP contribution in [-0.4, -0.2) is 543 Å². The first-order valence-corrected chi connectivity index (χ1v) is 37.1. The van der Waals surface area contributed by atoms with Crippen molar-refractivity contribution in [1.82, 2.24) is 10.6 Å². The van der Waals surface area contributed by atoms with Crippen molar-refractivity contribution in [2.75, 3.05) is 72.7 Å². The Morgan fingerprint density at radius 3 is 0.940 bits per heavy atom. The molecule has 117 heavy (non-hydrogen) atoms. The predicted octanol–water partition coefficient (Wildman–Crippen LogP) is -22.9. The Morgan fingerprint density at radius 1 is 0.291 bits per heavy atom. The molecule has 0 aliphatic carbocycles. The lowest BCUT2D eigenvalue weighted by atomic mass is 9.94. The van der Waals surface area contributed by atoms with E-state index < -0.39 is 385 Å². The van der Waals surface area contributed by atoms with E-state index in [1.165, 1.54) is 0 Å². The quantitative estimate of drug-likeness (QED) is 0.0284. The first-order chi connectivity index (χ1) is 55.4. The first kappa shape index (κ1) is 97.8. The maximum Gasteiger partial charge on any atom is 0.217 e. The fourth-order valence-electron chi connectivity index (χ4n) is 14.6. The first-order valence-electron chi connectivity index (χ1n) is 37.1. The minimum Gasteiger partial charge on any atom is -0.394 e. The SMILES string of the molecule is CC(=O)N[C@@H](CO)[C@@H](O)[C@H](OC1O[C@H](CO)[C@@H](OC2O[C@H](COC3O[C@H](COC4O[C@H](CO)[C@@H](O)[C@H](O)[C@@H]4O)[C@@H](O)[C@H](OC4O[C@H](CO)[C@@H](O)[C@H](O)[C@@H]4OC4O[C@H](CO)[C@@H](O)[C@H](O)[C@@H]4O)[C@@H]3O)[C@@H](O)[C@H](OC3O[C@H](CO)[C@@H](O)[C@H](O)[C@@H]3OC3O[C@H](CO)[C@@H](O)[C@H](O)[C@@H]3OC3O[C@H](CO)[C@@H](O)[C@H](O)[C@@H]3O)[C@@H]2O)[C@H](O)[C@H]1NC(C)=O)[C@H](O)CO. The lowest BCUT2D eigenvalue weighted by Gasteiger charge is -2.51. The molecule has 0 radical (unpaired) electrons. The van der Waals surface area contributed by atoms with E-state index in [0.29, 0.717) is 0 Å². The number of ether oxygens (including phenoxy) is 18. The van der Waals surface area contributed by atoms with Gasteiger partial charge in [0.1, 0.15) is 238 Å². The van der Waals surface area contributed by atoms with E-state index in [1.807, 2.05) is 0 Å². The van der Waals surface area contributed by atoms with Gasteiger partial charge in [-0.2, -0.15) is 0 Å². The monoisotopic (exact) mass is 1720 g/mol. The molecule has 33 N–H and O–H groups in total. The number of rotatable bonds is 34. The number of carbonyl (C=O) groups is 2. The maximum absolute atomic E-state index is 13.0. The van der Waals surface area contributed by atoms with Crippen LogP contribution < -0.4 is 10.6 Å². The molecule has 0 aromatic rings. The van der Waals surface area contributed by atoms with Gasteiger partial charge in [0, 0.05) is 13.8 Å². The molecule has 0 aromatic carbocycles. The Bertz CT molecular complexity index is 2990. The highest BCUT2D eigenvalue weighted by molar-refractivity contribution is 5.73. The zero-order chi connectivity index (χ0) is 86.4. The summed E-state index contributed by atoms with van der Waals surface area (Å²) in [6, 6.07) is -3.70. The average Bonchev–Trinajstić information content (AvgIpc) is 0.768. The summed E-state index contributed by atoms with van der Waals surface area (Å²) in [5, 5.41) is 346. The molecule has 0 spiro atoms. The van der Waals surface area contributed by atoms with Gasteiger partial charge in [0.15, 0.2) is 56.6 Å². The smallest absolute Gasteiger partial charge is 0.217 e. The highest BCUT2D eigenvalue weighted by atomic mass is 16.8. The Hall–Kier alpha value is -3.02. The third kappa shape index (κ3) is 21.7. The third-order valence-electron chi connectivity index (χ3n) is 21.3. The fourth-order valence-corrected chi connectivity index (χ4v) is 14.6. The summed E-state index contributed by atoms with van der Waals surface area (Å²) in [5.74, 6) is -1.85. The lowest BCUT2D eigenvalue weighted by Crippen LogP contribution is -2.70. The van der Waals surface area contributed by atoms with E-state index in [1.54, 1.807) is 0 Å². The van der Waals surface area contributed by atoms with Crippen molar-refractivity contribution in [3.63, 3.8) is 0 Å². The van der Waals surface area contributed by atoms with Crippen LogP contribution in [0.15, 0.2) is 0 Å². The van der Waals surface area contributed by atoms with Gasteiger partial charge < -0.3 is 254 Å². The van der Waals surface area contributed by atoms with E-state index in [-0.39, 0.29) is 0 Å². The maximum atomic E-state index is 13.0. The molecule has 0 aromatic heterocycles. The number of aliphatic hydroxyl groups excluding tert-OH is 31. The molecule has 9 fully saturated rings. The second-order valence-electron chi connectivity index (χ2n) is 29.3. The van der Waals surface area contributed by atoms with Crippen molar-refractivity contribution in [2.24, 2.45) is 0 Å². The van der Waals surface area contributed by atoms with Gasteiger partial charge in [0.2, 0.25) is 11.8 Å². The van der Waals surface area contributed by atoms with Crippen LogP contribution >= 0.6 is 0 Å².